The topological polar surface area (TPSA) is 69.5 Å². The molecule has 5 nitrogen and oxygen atoms in total. The van der Waals surface area contributed by atoms with Crippen LogP contribution in [0.15, 0.2) is 77.8 Å². The van der Waals surface area contributed by atoms with Crippen molar-refractivity contribution in [1.29, 1.82) is 0 Å². The van der Waals surface area contributed by atoms with Crippen molar-refractivity contribution < 1.29 is 19.3 Å². The Morgan fingerprint density at radius 1 is 1.13 bits per heavy atom. The quantitative estimate of drug-likeness (QED) is 0.753. The summed E-state index contributed by atoms with van der Waals surface area (Å²) in [7, 11) is 0. The van der Waals surface area contributed by atoms with E-state index in [1.54, 1.807) is 0 Å². The Kier molecular flexibility index (Phi) is 5.77. The molecule has 2 N–H and O–H groups in total. The summed E-state index contributed by atoms with van der Waals surface area (Å²) in [4.78, 5) is 29.7. The number of carbonyl (C=O) groups is 2. The van der Waals surface area contributed by atoms with E-state index in [-0.39, 0.29) is 17.2 Å². The molecule has 1 aliphatic carbocycles. The molecular formula is C26H29N2O3+. The lowest BCUT2D eigenvalue weighted by atomic mass is 9.67. The molecule has 2 atom stereocenters. The van der Waals surface area contributed by atoms with Gasteiger partial charge in [0.1, 0.15) is 5.78 Å². The zero-order chi connectivity index (χ0) is 22.0. The van der Waals surface area contributed by atoms with E-state index < -0.39 is 11.8 Å². The van der Waals surface area contributed by atoms with E-state index in [1.807, 2.05) is 61.7 Å². The summed E-state index contributed by atoms with van der Waals surface area (Å²) in [6, 6.07) is 15.7. The first-order chi connectivity index (χ1) is 14.9. The maximum atomic E-state index is 13.2. The highest BCUT2D eigenvalue weighted by Crippen LogP contribution is 2.46. The third kappa shape index (κ3) is 4.46. The van der Waals surface area contributed by atoms with Gasteiger partial charge in [0, 0.05) is 36.4 Å². The number of ether oxygens (including phenoxy) is 1. The number of H-pyrrole nitrogens is 1. The summed E-state index contributed by atoms with van der Waals surface area (Å²) < 4.78 is 5.68. The van der Waals surface area contributed by atoms with Crippen LogP contribution in [0.1, 0.15) is 44.4 Å². The van der Waals surface area contributed by atoms with Gasteiger partial charge < -0.3 is 10.1 Å². The maximum Gasteiger partial charge on any atom is 0.336 e. The lowest BCUT2D eigenvalue weighted by Gasteiger charge is -2.39. The fourth-order valence-corrected chi connectivity index (χ4v) is 4.66. The lowest BCUT2D eigenvalue weighted by Crippen LogP contribution is -2.44. The Labute approximate surface area is 183 Å². The second-order valence-electron chi connectivity index (χ2n) is 9.04. The molecule has 0 amide bonds. The number of esters is 1. The Balaban J connectivity index is 1.66. The van der Waals surface area contributed by atoms with E-state index in [0.29, 0.717) is 25.0 Å². The molecule has 1 aromatic heterocycles. The average molecular weight is 418 g/mol. The zero-order valence-electron chi connectivity index (χ0n) is 18.3. The first-order valence-corrected chi connectivity index (χ1v) is 10.8. The van der Waals surface area contributed by atoms with Gasteiger partial charge in [-0.2, -0.15) is 0 Å². The lowest BCUT2D eigenvalue weighted by molar-refractivity contribution is -0.392. The molecule has 4 rings (SSSR count). The molecular weight excluding hydrogens is 388 g/mol. The van der Waals surface area contributed by atoms with Crippen LogP contribution in [0.25, 0.3) is 0 Å². The molecule has 160 valence electrons. The highest BCUT2D eigenvalue weighted by molar-refractivity contribution is 5.96. The van der Waals surface area contributed by atoms with Crippen LogP contribution in [0, 0.1) is 11.3 Å². The Morgan fingerprint density at radius 2 is 1.87 bits per heavy atom. The number of Topliss-reactive ketones (excluding diaryl/α,β-unsaturated/α-hetero) is 1. The molecule has 0 spiro atoms. The number of aromatic amines is 1. The fraction of sp³-hybridized carbons (Fsp3) is 0.346. The molecule has 0 bridgehead atoms. The number of fused-ring (bicyclic) bond motifs is 1. The highest BCUT2D eigenvalue weighted by atomic mass is 16.5. The number of ketones is 1. The standard InChI is InChI=1S/C26H28N2O3/c1-17-22(25(30)31-14-12-18-9-5-4-6-10-18)24(19-11-7-8-13-27-19)23-20(28-17)15-26(2,3)16-21(23)29/h4-11,13,15,23-24,28H,12,14,16H2,1-3H3/p+1. The van der Waals surface area contributed by atoms with Crippen molar-refractivity contribution >= 4 is 11.8 Å². The van der Waals surface area contributed by atoms with Crippen LogP contribution in [0.2, 0.25) is 0 Å². The van der Waals surface area contributed by atoms with Crippen LogP contribution >= 0.6 is 0 Å². The molecule has 1 aromatic carbocycles. The van der Waals surface area contributed by atoms with Gasteiger partial charge in [-0.3, -0.25) is 4.79 Å². The van der Waals surface area contributed by atoms with E-state index in [9.17, 15) is 9.59 Å². The molecule has 0 fully saturated rings. The summed E-state index contributed by atoms with van der Waals surface area (Å²) in [5.41, 5.74) is 3.87. The van der Waals surface area contributed by atoms with Crippen molar-refractivity contribution in [1.82, 2.24) is 5.32 Å². The number of hydrogen-bond acceptors (Lipinski definition) is 4. The summed E-state index contributed by atoms with van der Waals surface area (Å²) >= 11 is 0. The van der Waals surface area contributed by atoms with Crippen molar-refractivity contribution in [2.24, 2.45) is 11.3 Å². The van der Waals surface area contributed by atoms with E-state index in [2.05, 4.69) is 30.2 Å². The van der Waals surface area contributed by atoms with Crippen LogP contribution in [0.5, 0.6) is 0 Å². The normalized spacial score (nSPS) is 22.3. The number of carbonyl (C=O) groups excluding carboxylic acids is 2. The molecule has 2 aromatic rings. The van der Waals surface area contributed by atoms with Crippen LogP contribution < -0.4 is 10.3 Å². The molecule has 2 heterocycles. The minimum atomic E-state index is -0.424. The fourth-order valence-electron chi connectivity index (χ4n) is 4.66. The van der Waals surface area contributed by atoms with Gasteiger partial charge in [0.25, 0.3) is 0 Å². The van der Waals surface area contributed by atoms with Crippen LogP contribution in [0.3, 0.4) is 0 Å². The molecule has 0 radical (unpaired) electrons. The third-order valence-electron chi connectivity index (χ3n) is 5.99. The SMILES string of the molecule is CC1=C(C(=O)OCCc2ccccc2)C(c2cccc[nH+]2)C2C(=O)CC(C)(C)C=C2N1. The van der Waals surface area contributed by atoms with Crippen LogP contribution in [-0.2, 0) is 20.7 Å². The van der Waals surface area contributed by atoms with Crippen molar-refractivity contribution in [3.05, 3.63) is 89.0 Å². The number of pyridine rings is 1. The molecule has 2 unspecified atom stereocenters. The minimum absolute atomic E-state index is 0.138. The van der Waals surface area contributed by atoms with E-state index in [4.69, 9.17) is 4.74 Å². The number of hydrogen-bond donors (Lipinski definition) is 1. The van der Waals surface area contributed by atoms with E-state index in [1.165, 1.54) is 0 Å². The first kappa shape index (κ1) is 21.0. The molecule has 31 heavy (non-hydrogen) atoms. The highest BCUT2D eigenvalue weighted by Gasteiger charge is 2.48. The number of nitrogens with one attached hydrogen (secondary N) is 2. The van der Waals surface area contributed by atoms with Gasteiger partial charge in [-0.05, 0) is 17.9 Å². The van der Waals surface area contributed by atoms with Gasteiger partial charge in [-0.1, -0.05) is 56.3 Å². The Morgan fingerprint density at radius 3 is 2.58 bits per heavy atom. The number of aromatic nitrogens is 1. The van der Waals surface area contributed by atoms with Crippen LogP contribution in [-0.4, -0.2) is 18.4 Å². The van der Waals surface area contributed by atoms with Gasteiger partial charge in [0.05, 0.1) is 24.0 Å². The van der Waals surface area contributed by atoms with E-state index >= 15 is 0 Å². The van der Waals surface area contributed by atoms with Gasteiger partial charge in [-0.25, -0.2) is 9.78 Å². The molecule has 5 heteroatoms. The Bertz CT molecular complexity index is 1040. The van der Waals surface area contributed by atoms with Crippen molar-refractivity contribution in [3.63, 3.8) is 0 Å². The van der Waals surface area contributed by atoms with Gasteiger partial charge in [-0.15, -0.1) is 0 Å². The predicted molar refractivity (Wildman–Crippen MR) is 118 cm³/mol. The number of benzene rings is 1. The monoisotopic (exact) mass is 417 g/mol. The van der Waals surface area contributed by atoms with Crippen molar-refractivity contribution in [3.8, 4) is 0 Å². The smallest absolute Gasteiger partial charge is 0.336 e. The zero-order valence-corrected chi connectivity index (χ0v) is 18.3. The molecule has 1 aliphatic heterocycles. The van der Waals surface area contributed by atoms with Crippen molar-refractivity contribution in [2.45, 2.75) is 39.5 Å². The predicted octanol–water partition coefficient (Wildman–Crippen LogP) is 3.75. The summed E-state index contributed by atoms with van der Waals surface area (Å²) in [6.07, 6.45) is 5.05. The first-order valence-electron chi connectivity index (χ1n) is 10.8. The minimum Gasteiger partial charge on any atom is -0.462 e. The maximum absolute atomic E-state index is 13.2. The average Bonchev–Trinajstić information content (AvgIpc) is 2.73. The molecule has 0 saturated heterocycles. The van der Waals surface area contributed by atoms with E-state index in [0.717, 1.165) is 22.7 Å². The number of allylic oxidation sites excluding steroid dienone is 3. The van der Waals surface area contributed by atoms with Gasteiger partial charge >= 0.3 is 5.97 Å². The summed E-state index contributed by atoms with van der Waals surface area (Å²) in [6.45, 7) is 6.30. The second kappa shape index (κ2) is 8.50. The Hall–Kier alpha value is -3.21. The number of rotatable bonds is 5. The van der Waals surface area contributed by atoms with Crippen molar-refractivity contribution in [2.75, 3.05) is 6.61 Å². The largest absolute Gasteiger partial charge is 0.462 e. The van der Waals surface area contributed by atoms with Gasteiger partial charge in [0.2, 0.25) is 0 Å². The van der Waals surface area contributed by atoms with Crippen LogP contribution in [0.4, 0.5) is 0 Å². The summed E-state index contributed by atoms with van der Waals surface area (Å²) in [5, 5.41) is 3.35. The molecule has 2 aliphatic rings. The molecule has 0 saturated carbocycles. The second-order valence-corrected chi connectivity index (χ2v) is 9.04. The summed E-state index contributed by atoms with van der Waals surface area (Å²) in [5.74, 6) is -1.06. The van der Waals surface area contributed by atoms with Gasteiger partial charge in [0.15, 0.2) is 11.9 Å². The third-order valence-corrected chi connectivity index (χ3v) is 5.99.